The van der Waals surface area contributed by atoms with Gasteiger partial charge in [0, 0.05) is 6.54 Å². The van der Waals surface area contributed by atoms with Crippen LogP contribution in [0.25, 0.3) is 0 Å². The molecule has 1 aromatic carbocycles. The molecule has 2 rings (SSSR count). The van der Waals surface area contributed by atoms with E-state index in [4.69, 9.17) is 10.00 Å². The van der Waals surface area contributed by atoms with Crippen LogP contribution in [0.15, 0.2) is 30.6 Å². The second kappa shape index (κ2) is 6.52. The lowest BCUT2D eigenvalue weighted by molar-refractivity contribution is 0.367. The Balaban J connectivity index is 1.90. The van der Waals surface area contributed by atoms with Crippen LogP contribution in [-0.4, -0.2) is 21.8 Å². The number of hydrogen-bond donors (Lipinski definition) is 2. The zero-order valence-corrected chi connectivity index (χ0v) is 10.6. The molecule has 0 saturated heterocycles. The van der Waals surface area contributed by atoms with Crippen molar-refractivity contribution >= 4 is 0 Å². The second-order valence-electron chi connectivity index (χ2n) is 4.07. The van der Waals surface area contributed by atoms with E-state index in [2.05, 4.69) is 20.5 Å². The maximum Gasteiger partial charge on any atom is 0.174 e. The number of H-pyrrole nitrogens is 1. The fourth-order valence-corrected chi connectivity index (χ4v) is 1.65. The Bertz CT molecular complexity index is 546. The van der Waals surface area contributed by atoms with E-state index in [1.54, 1.807) is 0 Å². The van der Waals surface area contributed by atoms with Crippen molar-refractivity contribution in [3.63, 3.8) is 0 Å². The quantitative estimate of drug-likeness (QED) is 0.820. The fourth-order valence-electron chi connectivity index (χ4n) is 1.65. The van der Waals surface area contributed by atoms with Crippen LogP contribution >= 0.6 is 0 Å². The minimum absolute atomic E-state index is 0.0609. The maximum absolute atomic E-state index is 8.47. The van der Waals surface area contributed by atoms with Crippen molar-refractivity contribution in [1.82, 2.24) is 20.5 Å². The van der Waals surface area contributed by atoms with Gasteiger partial charge in [0.15, 0.2) is 6.61 Å². The third kappa shape index (κ3) is 3.79. The van der Waals surface area contributed by atoms with Gasteiger partial charge >= 0.3 is 0 Å². The van der Waals surface area contributed by atoms with Gasteiger partial charge in [-0.25, -0.2) is 4.98 Å². The number of aromatic nitrogens is 3. The van der Waals surface area contributed by atoms with Crippen molar-refractivity contribution in [2.24, 2.45) is 0 Å². The standard InChI is InChI=1S/C13H15N5O/c1-10(13-16-9-17-18-13)15-8-11-3-2-4-12(7-11)19-6-5-14/h2-4,7,9-10,15H,6,8H2,1H3,(H,16,17,18). The molecule has 0 amide bonds. The molecule has 0 aliphatic rings. The molecule has 0 aliphatic heterocycles. The van der Waals surface area contributed by atoms with Gasteiger partial charge in [-0.3, -0.25) is 5.10 Å². The summed E-state index contributed by atoms with van der Waals surface area (Å²) in [5.41, 5.74) is 1.09. The van der Waals surface area contributed by atoms with Gasteiger partial charge in [-0.2, -0.15) is 10.4 Å². The average Bonchev–Trinajstić information content (AvgIpc) is 2.97. The minimum Gasteiger partial charge on any atom is -0.479 e. The van der Waals surface area contributed by atoms with Crippen LogP contribution in [-0.2, 0) is 6.54 Å². The monoisotopic (exact) mass is 257 g/mol. The lowest BCUT2D eigenvalue weighted by Crippen LogP contribution is -2.19. The van der Waals surface area contributed by atoms with Crippen LogP contribution in [0.5, 0.6) is 5.75 Å². The molecule has 6 nitrogen and oxygen atoms in total. The Morgan fingerprint density at radius 1 is 1.53 bits per heavy atom. The third-order valence-corrected chi connectivity index (χ3v) is 2.66. The Labute approximate surface area is 111 Å². The van der Waals surface area contributed by atoms with Gasteiger partial charge in [-0.15, -0.1) is 0 Å². The Hall–Kier alpha value is -2.39. The fraction of sp³-hybridized carbons (Fsp3) is 0.308. The molecule has 1 aromatic heterocycles. The highest BCUT2D eigenvalue weighted by atomic mass is 16.5. The van der Waals surface area contributed by atoms with Gasteiger partial charge in [0.05, 0.1) is 6.04 Å². The van der Waals surface area contributed by atoms with E-state index in [0.717, 1.165) is 11.4 Å². The first-order valence-electron chi connectivity index (χ1n) is 5.97. The van der Waals surface area contributed by atoms with E-state index in [1.807, 2.05) is 37.3 Å². The molecule has 0 aliphatic carbocycles. The molecule has 0 bridgehead atoms. The van der Waals surface area contributed by atoms with Crippen molar-refractivity contribution in [3.8, 4) is 11.8 Å². The van der Waals surface area contributed by atoms with E-state index >= 15 is 0 Å². The summed E-state index contributed by atoms with van der Waals surface area (Å²) in [6, 6.07) is 9.69. The van der Waals surface area contributed by atoms with Gasteiger partial charge in [0.2, 0.25) is 0 Å². The predicted molar refractivity (Wildman–Crippen MR) is 69.2 cm³/mol. The Morgan fingerprint density at radius 2 is 2.42 bits per heavy atom. The molecule has 1 heterocycles. The lowest BCUT2D eigenvalue weighted by Gasteiger charge is -2.11. The number of aromatic amines is 1. The molecule has 2 aromatic rings. The number of benzene rings is 1. The normalized spacial score (nSPS) is 11.8. The van der Waals surface area contributed by atoms with Crippen LogP contribution in [0, 0.1) is 11.3 Å². The lowest BCUT2D eigenvalue weighted by atomic mass is 10.2. The smallest absolute Gasteiger partial charge is 0.174 e. The molecule has 19 heavy (non-hydrogen) atoms. The summed E-state index contributed by atoms with van der Waals surface area (Å²) in [5.74, 6) is 1.50. The summed E-state index contributed by atoms with van der Waals surface area (Å²) in [6.45, 7) is 2.76. The predicted octanol–water partition coefficient (Wildman–Crippen LogP) is 1.56. The van der Waals surface area contributed by atoms with Gasteiger partial charge < -0.3 is 10.1 Å². The minimum atomic E-state index is 0.0609. The number of nitriles is 1. The highest BCUT2D eigenvalue weighted by Crippen LogP contribution is 2.14. The van der Waals surface area contributed by atoms with Gasteiger partial charge in [-0.05, 0) is 24.6 Å². The molecule has 0 saturated carbocycles. The first kappa shape index (κ1) is 13.1. The molecule has 6 heteroatoms. The van der Waals surface area contributed by atoms with Gasteiger partial charge in [-0.1, -0.05) is 12.1 Å². The highest BCUT2D eigenvalue weighted by molar-refractivity contribution is 5.28. The molecule has 1 unspecified atom stereocenters. The maximum atomic E-state index is 8.47. The number of hydrogen-bond acceptors (Lipinski definition) is 5. The van der Waals surface area contributed by atoms with Crippen molar-refractivity contribution in [2.45, 2.75) is 19.5 Å². The number of nitrogens with zero attached hydrogens (tertiary/aromatic N) is 3. The van der Waals surface area contributed by atoms with Crippen LogP contribution < -0.4 is 10.1 Å². The zero-order chi connectivity index (χ0) is 13.5. The van der Waals surface area contributed by atoms with E-state index < -0.39 is 0 Å². The molecule has 0 fully saturated rings. The number of rotatable bonds is 6. The van der Waals surface area contributed by atoms with Gasteiger partial charge in [0.1, 0.15) is 24.0 Å². The molecular weight excluding hydrogens is 242 g/mol. The summed E-state index contributed by atoms with van der Waals surface area (Å²) in [5, 5.41) is 18.5. The summed E-state index contributed by atoms with van der Waals surface area (Å²) in [6.07, 6.45) is 1.49. The summed E-state index contributed by atoms with van der Waals surface area (Å²) >= 11 is 0. The van der Waals surface area contributed by atoms with Crippen molar-refractivity contribution in [1.29, 1.82) is 5.26 Å². The first-order chi connectivity index (χ1) is 9.29. The van der Waals surface area contributed by atoms with Crippen LogP contribution in [0.4, 0.5) is 0 Å². The number of ether oxygens (including phenoxy) is 1. The third-order valence-electron chi connectivity index (χ3n) is 2.66. The SMILES string of the molecule is CC(NCc1cccc(OCC#N)c1)c1ncn[nH]1. The van der Waals surface area contributed by atoms with Crippen molar-refractivity contribution in [2.75, 3.05) is 6.61 Å². The van der Waals surface area contributed by atoms with E-state index in [-0.39, 0.29) is 12.6 Å². The van der Waals surface area contributed by atoms with Crippen LogP contribution in [0.1, 0.15) is 24.4 Å². The van der Waals surface area contributed by atoms with Crippen LogP contribution in [0.2, 0.25) is 0 Å². The number of nitrogens with one attached hydrogen (secondary N) is 2. The molecule has 98 valence electrons. The summed E-state index contributed by atoms with van der Waals surface area (Å²) in [4.78, 5) is 4.10. The largest absolute Gasteiger partial charge is 0.479 e. The average molecular weight is 257 g/mol. The Kier molecular flexibility index (Phi) is 4.48. The second-order valence-corrected chi connectivity index (χ2v) is 4.07. The van der Waals surface area contributed by atoms with E-state index in [1.165, 1.54) is 6.33 Å². The van der Waals surface area contributed by atoms with Gasteiger partial charge in [0.25, 0.3) is 0 Å². The topological polar surface area (TPSA) is 86.6 Å². The molecular formula is C13H15N5O. The highest BCUT2D eigenvalue weighted by Gasteiger charge is 2.07. The first-order valence-corrected chi connectivity index (χ1v) is 5.97. The molecule has 2 N–H and O–H groups in total. The Morgan fingerprint density at radius 3 is 3.16 bits per heavy atom. The van der Waals surface area contributed by atoms with Crippen molar-refractivity contribution in [3.05, 3.63) is 42.0 Å². The molecule has 0 radical (unpaired) electrons. The molecule has 1 atom stereocenters. The zero-order valence-electron chi connectivity index (χ0n) is 10.6. The van der Waals surface area contributed by atoms with E-state index in [0.29, 0.717) is 12.3 Å². The van der Waals surface area contributed by atoms with Crippen LogP contribution in [0.3, 0.4) is 0 Å². The molecule has 0 spiro atoms. The van der Waals surface area contributed by atoms with Crippen molar-refractivity contribution < 1.29 is 4.74 Å². The summed E-state index contributed by atoms with van der Waals surface area (Å²) < 4.78 is 5.26. The summed E-state index contributed by atoms with van der Waals surface area (Å²) in [7, 11) is 0. The van der Waals surface area contributed by atoms with E-state index in [9.17, 15) is 0 Å².